The van der Waals surface area contributed by atoms with Gasteiger partial charge in [0, 0.05) is 23.7 Å². The van der Waals surface area contributed by atoms with Crippen molar-refractivity contribution in [1.82, 2.24) is 9.97 Å². The normalized spacial score (nSPS) is 11.7. The highest BCUT2D eigenvalue weighted by Crippen LogP contribution is 2.23. The van der Waals surface area contributed by atoms with Crippen LogP contribution in [0.5, 0.6) is 5.75 Å². The minimum Gasteiger partial charge on any atom is -0.476 e. The van der Waals surface area contributed by atoms with E-state index in [0.717, 1.165) is 22.0 Å². The topological polar surface area (TPSA) is 58.8 Å². The third-order valence-electron chi connectivity index (χ3n) is 4.29. The zero-order valence-electron chi connectivity index (χ0n) is 16.4. The van der Waals surface area contributed by atoms with E-state index in [0.29, 0.717) is 5.75 Å². The molecule has 0 fully saturated rings. The summed E-state index contributed by atoms with van der Waals surface area (Å²) in [6.07, 6.45) is 12.6. The molecule has 0 aliphatic rings. The first-order valence-electron chi connectivity index (χ1n) is 9.84. The predicted molar refractivity (Wildman–Crippen MR) is 112 cm³/mol. The summed E-state index contributed by atoms with van der Waals surface area (Å²) >= 11 is 1.73. The summed E-state index contributed by atoms with van der Waals surface area (Å²) < 4.78 is 5.47. The van der Waals surface area contributed by atoms with Gasteiger partial charge in [0.05, 0.1) is 0 Å². The summed E-state index contributed by atoms with van der Waals surface area (Å²) in [5.74, 6) is 1.77. The molecule has 0 unspecified atom stereocenters. The Morgan fingerprint density at radius 1 is 0.963 bits per heavy atom. The van der Waals surface area contributed by atoms with E-state index in [1.54, 1.807) is 18.7 Å². The number of ether oxygens (including phenoxy) is 1. The second-order valence-electron chi connectivity index (χ2n) is 6.64. The Kier molecular flexibility index (Phi) is 9.72. The summed E-state index contributed by atoms with van der Waals surface area (Å²) in [7, 11) is 0. The van der Waals surface area contributed by atoms with Crippen molar-refractivity contribution in [1.29, 1.82) is 5.26 Å². The van der Waals surface area contributed by atoms with Gasteiger partial charge in [-0.1, -0.05) is 69.3 Å². The maximum Gasteiger partial charge on any atom is 0.187 e. The maximum absolute atomic E-state index is 8.80. The van der Waals surface area contributed by atoms with Gasteiger partial charge in [-0.05, 0) is 31.0 Å². The zero-order chi connectivity index (χ0) is 19.3. The molecule has 0 aliphatic heterocycles. The summed E-state index contributed by atoms with van der Waals surface area (Å²) in [5.41, 5.74) is 2.02. The minimum absolute atomic E-state index is 0.452. The first kappa shape index (κ1) is 21.2. The fourth-order valence-electron chi connectivity index (χ4n) is 2.72. The molecule has 4 nitrogen and oxygen atoms in total. The Morgan fingerprint density at radius 3 is 2.22 bits per heavy atom. The number of nitrogens with zero attached hydrogens (tertiary/aromatic N) is 3. The van der Waals surface area contributed by atoms with Gasteiger partial charge < -0.3 is 4.74 Å². The molecule has 0 saturated heterocycles. The second-order valence-corrected chi connectivity index (χ2v) is 7.70. The quantitative estimate of drug-likeness (QED) is 0.245. The van der Waals surface area contributed by atoms with Crippen molar-refractivity contribution >= 4 is 11.8 Å². The molecule has 0 aliphatic carbocycles. The van der Waals surface area contributed by atoms with E-state index in [1.165, 1.54) is 44.9 Å². The molecule has 2 aromatic rings. The lowest BCUT2D eigenvalue weighted by molar-refractivity contribution is 0.276. The van der Waals surface area contributed by atoms with E-state index >= 15 is 0 Å². The lowest BCUT2D eigenvalue weighted by Gasteiger charge is -2.08. The third-order valence-corrected chi connectivity index (χ3v) is 5.25. The number of rotatable bonds is 12. The van der Waals surface area contributed by atoms with E-state index < -0.39 is 6.10 Å². The van der Waals surface area contributed by atoms with Crippen molar-refractivity contribution in [2.45, 2.75) is 70.1 Å². The molecule has 1 atom stereocenters. The predicted octanol–water partition coefficient (Wildman–Crippen LogP) is 6.28. The van der Waals surface area contributed by atoms with Crippen molar-refractivity contribution in [3.8, 4) is 22.9 Å². The van der Waals surface area contributed by atoms with Gasteiger partial charge >= 0.3 is 0 Å². The van der Waals surface area contributed by atoms with Crippen molar-refractivity contribution < 1.29 is 4.74 Å². The molecule has 0 radical (unpaired) electrons. The van der Waals surface area contributed by atoms with Crippen LogP contribution in [0.25, 0.3) is 11.1 Å². The summed E-state index contributed by atoms with van der Waals surface area (Å²) in [6, 6.07) is 9.72. The molecule has 27 heavy (non-hydrogen) atoms. The largest absolute Gasteiger partial charge is 0.476 e. The van der Waals surface area contributed by atoms with Gasteiger partial charge in [0.1, 0.15) is 11.8 Å². The summed E-state index contributed by atoms with van der Waals surface area (Å²) in [5, 5.41) is 9.64. The smallest absolute Gasteiger partial charge is 0.187 e. The Morgan fingerprint density at radius 2 is 1.59 bits per heavy atom. The third kappa shape index (κ3) is 8.01. The average molecular weight is 384 g/mol. The van der Waals surface area contributed by atoms with Crippen molar-refractivity contribution in [2.24, 2.45) is 0 Å². The number of thioether (sulfide) groups is 1. The average Bonchev–Trinajstić information content (AvgIpc) is 2.71. The van der Waals surface area contributed by atoms with Crippen LogP contribution in [-0.2, 0) is 0 Å². The molecule has 0 spiro atoms. The van der Waals surface area contributed by atoms with E-state index in [2.05, 4.69) is 23.0 Å². The van der Waals surface area contributed by atoms with E-state index in [-0.39, 0.29) is 0 Å². The SMILES string of the molecule is CCCCCCCCCSc1ncc(-c2ccc(O[C@H](C)C#N)cc2)cn1. The molecule has 1 aromatic heterocycles. The van der Waals surface area contributed by atoms with Crippen molar-refractivity contribution in [3.05, 3.63) is 36.7 Å². The van der Waals surface area contributed by atoms with Gasteiger partial charge in [-0.15, -0.1) is 0 Å². The van der Waals surface area contributed by atoms with Gasteiger partial charge in [0.25, 0.3) is 0 Å². The highest BCUT2D eigenvalue weighted by Gasteiger charge is 2.04. The van der Waals surface area contributed by atoms with E-state index in [4.69, 9.17) is 10.00 Å². The molecule has 5 heteroatoms. The Hall–Kier alpha value is -2.06. The molecule has 1 aromatic carbocycles. The molecule has 0 bridgehead atoms. The first-order chi connectivity index (χ1) is 13.2. The van der Waals surface area contributed by atoms with Crippen LogP contribution in [0.15, 0.2) is 41.8 Å². The van der Waals surface area contributed by atoms with Crippen LogP contribution < -0.4 is 4.74 Å². The fraction of sp³-hybridized carbons (Fsp3) is 0.500. The second kappa shape index (κ2) is 12.3. The van der Waals surface area contributed by atoms with Crippen LogP contribution in [0.3, 0.4) is 0 Å². The molecule has 2 rings (SSSR count). The molecule has 1 heterocycles. The van der Waals surface area contributed by atoms with E-state index in [9.17, 15) is 0 Å². The molecular weight excluding hydrogens is 354 g/mol. The van der Waals surface area contributed by atoms with Gasteiger partial charge in [0.15, 0.2) is 11.3 Å². The van der Waals surface area contributed by atoms with Crippen molar-refractivity contribution in [3.63, 3.8) is 0 Å². The molecule has 0 saturated carbocycles. The number of nitriles is 1. The highest BCUT2D eigenvalue weighted by molar-refractivity contribution is 7.99. The Bertz CT molecular complexity index is 695. The van der Waals surface area contributed by atoms with Crippen molar-refractivity contribution in [2.75, 3.05) is 5.75 Å². The molecular formula is C22H29N3OS. The van der Waals surface area contributed by atoms with Gasteiger partial charge in [-0.3, -0.25) is 0 Å². The van der Waals surface area contributed by atoms with Crippen LogP contribution in [0.2, 0.25) is 0 Å². The summed E-state index contributed by atoms with van der Waals surface area (Å²) in [6.45, 7) is 3.98. The monoisotopic (exact) mass is 383 g/mol. The number of benzene rings is 1. The number of hydrogen-bond acceptors (Lipinski definition) is 5. The standard InChI is InChI=1S/C22H29N3OS/c1-3-4-5-6-7-8-9-14-27-22-24-16-20(17-25-22)19-10-12-21(13-11-19)26-18(2)15-23/h10-13,16-18H,3-9,14H2,1-2H3/t18-/m1/s1. The van der Waals surface area contributed by atoms with Crippen LogP contribution in [-0.4, -0.2) is 21.8 Å². The molecule has 0 amide bonds. The first-order valence-corrected chi connectivity index (χ1v) is 10.8. The fourth-order valence-corrected chi connectivity index (χ4v) is 3.50. The zero-order valence-corrected chi connectivity index (χ0v) is 17.2. The molecule has 144 valence electrons. The van der Waals surface area contributed by atoms with Crippen LogP contribution in [0, 0.1) is 11.3 Å². The lowest BCUT2D eigenvalue weighted by Crippen LogP contribution is -2.07. The highest BCUT2D eigenvalue weighted by atomic mass is 32.2. The lowest BCUT2D eigenvalue weighted by atomic mass is 10.1. The number of aromatic nitrogens is 2. The van der Waals surface area contributed by atoms with Crippen LogP contribution >= 0.6 is 11.8 Å². The van der Waals surface area contributed by atoms with Crippen LogP contribution in [0.1, 0.15) is 58.8 Å². The maximum atomic E-state index is 8.80. The van der Waals surface area contributed by atoms with Gasteiger partial charge in [0.2, 0.25) is 0 Å². The summed E-state index contributed by atoms with van der Waals surface area (Å²) in [4.78, 5) is 8.95. The minimum atomic E-state index is -0.452. The van der Waals surface area contributed by atoms with Gasteiger partial charge in [-0.25, -0.2) is 9.97 Å². The Balaban J connectivity index is 1.74. The molecule has 0 N–H and O–H groups in total. The van der Waals surface area contributed by atoms with Gasteiger partial charge in [-0.2, -0.15) is 5.26 Å². The Labute approximate surface area is 167 Å². The number of unbranched alkanes of at least 4 members (excludes halogenated alkanes) is 6. The van der Waals surface area contributed by atoms with E-state index in [1.807, 2.05) is 36.7 Å². The number of hydrogen-bond donors (Lipinski definition) is 0. The van der Waals surface area contributed by atoms with Crippen LogP contribution in [0.4, 0.5) is 0 Å².